The molecular formula is C17H23N3O. The van der Waals surface area contributed by atoms with Crippen molar-refractivity contribution in [1.29, 1.82) is 0 Å². The van der Waals surface area contributed by atoms with E-state index in [9.17, 15) is 0 Å². The van der Waals surface area contributed by atoms with Gasteiger partial charge in [0.1, 0.15) is 11.6 Å². The summed E-state index contributed by atoms with van der Waals surface area (Å²) in [5.74, 6) is 1.89. The van der Waals surface area contributed by atoms with E-state index in [1.807, 2.05) is 27.0 Å². The Bertz CT molecular complexity index is 696. The second kappa shape index (κ2) is 5.19. The zero-order chi connectivity index (χ0) is 15.0. The van der Waals surface area contributed by atoms with Gasteiger partial charge in [-0.3, -0.25) is 0 Å². The number of rotatable bonds is 4. The normalized spacial score (nSPS) is 17.3. The Balaban J connectivity index is 2.17. The standard InChI is InChI=1S/C17H23N3O/c1-4-7-12-10-13-14(11-15(12)21-5-2)20(3)16(19-13)17(18)8-6-9-17/h4,7,10-11H,5-6,8-9,18H2,1-3H3/b7-4+. The fourth-order valence-corrected chi connectivity index (χ4v) is 3.05. The van der Waals surface area contributed by atoms with Crippen molar-refractivity contribution >= 4 is 17.1 Å². The lowest BCUT2D eigenvalue weighted by atomic mass is 9.77. The summed E-state index contributed by atoms with van der Waals surface area (Å²) >= 11 is 0. The van der Waals surface area contributed by atoms with Crippen LogP contribution in [0.25, 0.3) is 17.1 Å². The first-order valence-electron chi connectivity index (χ1n) is 7.64. The fourth-order valence-electron chi connectivity index (χ4n) is 3.05. The van der Waals surface area contributed by atoms with E-state index in [2.05, 4.69) is 22.8 Å². The molecule has 4 heteroatoms. The lowest BCUT2D eigenvalue weighted by Gasteiger charge is -2.37. The average molecular weight is 285 g/mol. The minimum absolute atomic E-state index is 0.250. The number of aromatic nitrogens is 2. The summed E-state index contributed by atoms with van der Waals surface area (Å²) in [6.45, 7) is 4.66. The van der Waals surface area contributed by atoms with E-state index in [1.165, 1.54) is 6.42 Å². The van der Waals surface area contributed by atoms with Gasteiger partial charge in [-0.15, -0.1) is 0 Å². The molecule has 0 radical (unpaired) electrons. The van der Waals surface area contributed by atoms with E-state index in [-0.39, 0.29) is 5.54 Å². The fraction of sp³-hybridized carbons (Fsp3) is 0.471. The van der Waals surface area contributed by atoms with Crippen molar-refractivity contribution in [2.45, 2.75) is 38.6 Å². The van der Waals surface area contributed by atoms with Crippen LogP contribution < -0.4 is 10.5 Å². The van der Waals surface area contributed by atoms with Gasteiger partial charge in [0.2, 0.25) is 0 Å². The summed E-state index contributed by atoms with van der Waals surface area (Å²) in [5, 5.41) is 0. The third-order valence-corrected chi connectivity index (χ3v) is 4.35. The van der Waals surface area contributed by atoms with Crippen molar-refractivity contribution in [3.05, 3.63) is 29.6 Å². The van der Waals surface area contributed by atoms with Crippen LogP contribution in [0.15, 0.2) is 18.2 Å². The Labute approximate surface area is 125 Å². The Kier molecular flexibility index (Phi) is 3.49. The van der Waals surface area contributed by atoms with Crippen LogP contribution in [0.1, 0.15) is 44.5 Å². The van der Waals surface area contributed by atoms with Gasteiger partial charge in [-0.25, -0.2) is 4.98 Å². The largest absolute Gasteiger partial charge is 0.493 e. The van der Waals surface area contributed by atoms with Crippen molar-refractivity contribution in [2.75, 3.05) is 6.61 Å². The van der Waals surface area contributed by atoms with Gasteiger partial charge in [-0.1, -0.05) is 12.2 Å². The maximum Gasteiger partial charge on any atom is 0.129 e. The Morgan fingerprint density at radius 1 is 1.43 bits per heavy atom. The van der Waals surface area contributed by atoms with Gasteiger partial charge in [0.05, 0.1) is 23.2 Å². The molecule has 21 heavy (non-hydrogen) atoms. The van der Waals surface area contributed by atoms with E-state index < -0.39 is 0 Å². The van der Waals surface area contributed by atoms with E-state index in [4.69, 9.17) is 15.5 Å². The zero-order valence-corrected chi connectivity index (χ0v) is 13.0. The number of nitrogens with zero attached hydrogens (tertiary/aromatic N) is 2. The lowest BCUT2D eigenvalue weighted by molar-refractivity contribution is 0.234. The molecule has 2 aromatic rings. The minimum Gasteiger partial charge on any atom is -0.493 e. The highest BCUT2D eigenvalue weighted by atomic mass is 16.5. The van der Waals surface area contributed by atoms with Gasteiger partial charge in [0.15, 0.2) is 0 Å². The Morgan fingerprint density at radius 2 is 2.19 bits per heavy atom. The molecule has 1 aromatic carbocycles. The van der Waals surface area contributed by atoms with Gasteiger partial charge < -0.3 is 15.0 Å². The number of aryl methyl sites for hydroxylation is 1. The molecule has 4 nitrogen and oxygen atoms in total. The molecule has 1 saturated carbocycles. The molecule has 1 aromatic heterocycles. The van der Waals surface area contributed by atoms with Crippen LogP contribution in [0.3, 0.4) is 0 Å². The summed E-state index contributed by atoms with van der Waals surface area (Å²) in [5.41, 5.74) is 9.34. The minimum atomic E-state index is -0.250. The van der Waals surface area contributed by atoms with Crippen LogP contribution in [-0.2, 0) is 12.6 Å². The van der Waals surface area contributed by atoms with Gasteiger partial charge in [-0.2, -0.15) is 0 Å². The quantitative estimate of drug-likeness (QED) is 0.937. The first kappa shape index (κ1) is 14.1. The molecule has 1 fully saturated rings. The molecule has 0 bridgehead atoms. The number of nitrogens with two attached hydrogens (primary N) is 1. The molecule has 112 valence electrons. The van der Waals surface area contributed by atoms with Crippen molar-refractivity contribution in [3.63, 3.8) is 0 Å². The molecule has 0 aliphatic heterocycles. The van der Waals surface area contributed by atoms with Crippen LogP contribution in [0.2, 0.25) is 0 Å². The summed E-state index contributed by atoms with van der Waals surface area (Å²) < 4.78 is 7.89. The first-order chi connectivity index (χ1) is 10.1. The molecular weight excluding hydrogens is 262 g/mol. The van der Waals surface area contributed by atoms with Crippen molar-refractivity contribution in [3.8, 4) is 5.75 Å². The predicted octanol–water partition coefficient (Wildman–Crippen LogP) is 3.34. The SMILES string of the molecule is C/C=C/c1cc2nc(C3(N)CCC3)n(C)c2cc1OCC. The maximum atomic E-state index is 6.45. The van der Waals surface area contributed by atoms with E-state index in [0.29, 0.717) is 6.61 Å². The highest BCUT2D eigenvalue weighted by Crippen LogP contribution is 2.39. The van der Waals surface area contributed by atoms with E-state index >= 15 is 0 Å². The highest BCUT2D eigenvalue weighted by molar-refractivity contribution is 5.82. The molecule has 1 heterocycles. The summed E-state index contributed by atoms with van der Waals surface area (Å²) in [6.07, 6.45) is 7.30. The monoisotopic (exact) mass is 285 g/mol. The molecule has 0 spiro atoms. The maximum absolute atomic E-state index is 6.45. The molecule has 0 saturated heterocycles. The molecule has 0 amide bonds. The molecule has 0 unspecified atom stereocenters. The van der Waals surface area contributed by atoms with Crippen LogP contribution in [0.5, 0.6) is 5.75 Å². The summed E-state index contributed by atoms with van der Waals surface area (Å²) in [7, 11) is 2.04. The third kappa shape index (κ3) is 2.23. The Morgan fingerprint density at radius 3 is 2.76 bits per heavy atom. The van der Waals surface area contributed by atoms with Crippen LogP contribution in [0.4, 0.5) is 0 Å². The third-order valence-electron chi connectivity index (χ3n) is 4.35. The lowest BCUT2D eigenvalue weighted by Crippen LogP contribution is -2.45. The second-order valence-corrected chi connectivity index (χ2v) is 5.82. The molecule has 1 aliphatic carbocycles. The number of imidazole rings is 1. The Hall–Kier alpha value is -1.81. The highest BCUT2D eigenvalue weighted by Gasteiger charge is 2.38. The number of hydrogen-bond acceptors (Lipinski definition) is 3. The van der Waals surface area contributed by atoms with Gasteiger partial charge >= 0.3 is 0 Å². The van der Waals surface area contributed by atoms with Crippen molar-refractivity contribution < 1.29 is 4.74 Å². The molecule has 3 rings (SSSR count). The van der Waals surface area contributed by atoms with Crippen molar-refractivity contribution in [2.24, 2.45) is 12.8 Å². The molecule has 0 atom stereocenters. The number of hydrogen-bond donors (Lipinski definition) is 1. The van der Waals surface area contributed by atoms with Crippen LogP contribution in [-0.4, -0.2) is 16.2 Å². The number of benzene rings is 1. The second-order valence-electron chi connectivity index (χ2n) is 5.82. The van der Waals surface area contributed by atoms with Crippen LogP contribution >= 0.6 is 0 Å². The molecule has 1 aliphatic rings. The summed E-state index contributed by atoms with van der Waals surface area (Å²) in [6, 6.07) is 4.17. The van der Waals surface area contributed by atoms with Gasteiger partial charge in [0, 0.05) is 18.7 Å². The molecule has 2 N–H and O–H groups in total. The van der Waals surface area contributed by atoms with Crippen molar-refractivity contribution in [1.82, 2.24) is 9.55 Å². The zero-order valence-electron chi connectivity index (χ0n) is 13.0. The number of ether oxygens (including phenoxy) is 1. The number of fused-ring (bicyclic) bond motifs is 1. The van der Waals surface area contributed by atoms with Gasteiger partial charge in [0.25, 0.3) is 0 Å². The van der Waals surface area contributed by atoms with E-state index in [0.717, 1.165) is 41.0 Å². The first-order valence-corrected chi connectivity index (χ1v) is 7.64. The smallest absolute Gasteiger partial charge is 0.129 e. The topological polar surface area (TPSA) is 53.1 Å². The van der Waals surface area contributed by atoms with Gasteiger partial charge in [-0.05, 0) is 39.2 Å². The predicted molar refractivity (Wildman–Crippen MR) is 86.3 cm³/mol. The van der Waals surface area contributed by atoms with E-state index in [1.54, 1.807) is 0 Å². The number of allylic oxidation sites excluding steroid dienone is 1. The summed E-state index contributed by atoms with van der Waals surface area (Å²) in [4.78, 5) is 4.80. The van der Waals surface area contributed by atoms with Crippen LogP contribution in [0, 0.1) is 0 Å². The average Bonchev–Trinajstić information content (AvgIpc) is 2.74.